The molecule has 1 atom stereocenters. The summed E-state index contributed by atoms with van der Waals surface area (Å²) in [5.74, 6) is -2.58. The molecule has 0 N–H and O–H groups in total. The first-order valence-corrected chi connectivity index (χ1v) is 4.13. The number of carbonyl (C=O) groups excluding carboxylic acids is 1. The molecule has 0 aliphatic carbocycles. The van der Waals surface area contributed by atoms with Crippen molar-refractivity contribution in [3.8, 4) is 0 Å². The predicted octanol–water partition coefficient (Wildman–Crippen LogP) is 3.19. The van der Waals surface area contributed by atoms with Gasteiger partial charge in [0.05, 0.1) is 0 Å². The minimum Gasteiger partial charge on any atom is -0.299 e. The third kappa shape index (κ3) is 4.90. The molecule has 78 valence electrons. The van der Waals surface area contributed by atoms with Gasteiger partial charge in [0.1, 0.15) is 11.7 Å². The third-order valence-electron chi connectivity index (χ3n) is 1.68. The van der Waals surface area contributed by atoms with Crippen molar-refractivity contribution in [2.75, 3.05) is 0 Å². The van der Waals surface area contributed by atoms with Crippen LogP contribution in [-0.2, 0) is 4.79 Å². The lowest BCUT2D eigenvalue weighted by Gasteiger charge is -2.21. The van der Waals surface area contributed by atoms with Crippen molar-refractivity contribution in [3.05, 3.63) is 0 Å². The fourth-order valence-corrected chi connectivity index (χ4v) is 0.858. The highest BCUT2D eigenvalue weighted by Crippen LogP contribution is 2.30. The van der Waals surface area contributed by atoms with Gasteiger partial charge in [0.2, 0.25) is 0 Å². The Morgan fingerprint density at radius 1 is 1.23 bits per heavy atom. The Morgan fingerprint density at radius 3 is 1.85 bits per heavy atom. The lowest BCUT2D eigenvalue weighted by atomic mass is 9.86. The third-order valence-corrected chi connectivity index (χ3v) is 1.68. The smallest absolute Gasteiger partial charge is 0.299 e. The summed E-state index contributed by atoms with van der Waals surface area (Å²) >= 11 is 0. The number of hydrogen-bond acceptors (Lipinski definition) is 1. The predicted molar refractivity (Wildman–Crippen MR) is 44.3 cm³/mol. The fraction of sp³-hybridized carbons (Fsp3) is 0.889. The number of ketones is 1. The molecule has 0 heterocycles. The fourth-order valence-electron chi connectivity index (χ4n) is 0.858. The van der Waals surface area contributed by atoms with E-state index in [1.54, 1.807) is 20.8 Å². The van der Waals surface area contributed by atoms with Gasteiger partial charge < -0.3 is 0 Å². The lowest BCUT2D eigenvalue weighted by molar-refractivity contribution is -0.178. The van der Waals surface area contributed by atoms with Gasteiger partial charge in [-0.3, -0.25) is 4.79 Å². The molecule has 0 rings (SSSR count). The Bertz CT molecular complexity index is 188. The molecule has 0 saturated carbocycles. The van der Waals surface area contributed by atoms with Crippen LogP contribution in [0.1, 0.15) is 34.1 Å². The van der Waals surface area contributed by atoms with E-state index in [1.165, 1.54) is 0 Å². The van der Waals surface area contributed by atoms with Crippen LogP contribution in [0.4, 0.5) is 13.2 Å². The van der Waals surface area contributed by atoms with Crippen molar-refractivity contribution >= 4 is 5.78 Å². The van der Waals surface area contributed by atoms with Crippen LogP contribution < -0.4 is 0 Å². The summed E-state index contributed by atoms with van der Waals surface area (Å²) < 4.78 is 36.2. The average molecular weight is 196 g/mol. The normalized spacial score (nSPS) is 15.6. The molecule has 1 unspecified atom stereocenters. The Labute approximate surface area is 76.3 Å². The Morgan fingerprint density at radius 2 is 1.62 bits per heavy atom. The second-order valence-electron chi connectivity index (χ2n) is 4.47. The largest absolute Gasteiger partial charge is 0.398 e. The lowest BCUT2D eigenvalue weighted by Crippen LogP contribution is -2.30. The van der Waals surface area contributed by atoms with Gasteiger partial charge in [-0.25, -0.2) is 0 Å². The van der Waals surface area contributed by atoms with Crippen molar-refractivity contribution in [1.29, 1.82) is 0 Å². The van der Waals surface area contributed by atoms with Crippen LogP contribution >= 0.6 is 0 Å². The van der Waals surface area contributed by atoms with Gasteiger partial charge in [-0.15, -0.1) is 0 Å². The van der Waals surface area contributed by atoms with Crippen LogP contribution in [0.15, 0.2) is 0 Å². The quantitative estimate of drug-likeness (QED) is 0.662. The second-order valence-corrected chi connectivity index (χ2v) is 4.47. The maximum atomic E-state index is 12.1. The van der Waals surface area contributed by atoms with E-state index in [1.807, 2.05) is 0 Å². The second kappa shape index (κ2) is 3.68. The van der Waals surface area contributed by atoms with Crippen molar-refractivity contribution < 1.29 is 18.0 Å². The van der Waals surface area contributed by atoms with E-state index < -0.39 is 17.9 Å². The van der Waals surface area contributed by atoms with Gasteiger partial charge in [-0.05, 0) is 12.3 Å². The van der Waals surface area contributed by atoms with Gasteiger partial charge in [-0.2, -0.15) is 13.2 Å². The zero-order valence-corrected chi connectivity index (χ0v) is 8.33. The van der Waals surface area contributed by atoms with E-state index >= 15 is 0 Å². The van der Waals surface area contributed by atoms with Crippen molar-refractivity contribution in [3.63, 3.8) is 0 Å². The van der Waals surface area contributed by atoms with E-state index in [4.69, 9.17) is 0 Å². The number of alkyl halides is 3. The number of halogens is 3. The standard InChI is InChI=1S/C9H15F3O/c1-6(9(10,11)12)7(13)5-8(2,3)4/h6H,5H2,1-4H3. The monoisotopic (exact) mass is 196 g/mol. The zero-order chi connectivity index (χ0) is 10.9. The molecular weight excluding hydrogens is 181 g/mol. The molecule has 0 fully saturated rings. The first-order valence-electron chi connectivity index (χ1n) is 4.13. The van der Waals surface area contributed by atoms with Crippen molar-refractivity contribution in [2.24, 2.45) is 11.3 Å². The number of rotatable bonds is 2. The minimum absolute atomic E-state index is 0.0341. The number of Topliss-reactive ketones (excluding diaryl/α,β-unsaturated/α-hetero) is 1. The summed E-state index contributed by atoms with van der Waals surface area (Å²) in [7, 11) is 0. The van der Waals surface area contributed by atoms with E-state index in [2.05, 4.69) is 0 Å². The molecule has 1 nitrogen and oxygen atoms in total. The maximum absolute atomic E-state index is 12.1. The molecule has 0 spiro atoms. The van der Waals surface area contributed by atoms with Crippen LogP contribution in [0, 0.1) is 11.3 Å². The summed E-state index contributed by atoms with van der Waals surface area (Å²) in [5.41, 5.74) is -0.378. The molecule has 0 aromatic carbocycles. The van der Waals surface area contributed by atoms with Gasteiger partial charge in [-0.1, -0.05) is 20.8 Å². The minimum atomic E-state index is -4.40. The maximum Gasteiger partial charge on any atom is 0.398 e. The van der Waals surface area contributed by atoms with Gasteiger partial charge in [0, 0.05) is 6.42 Å². The van der Waals surface area contributed by atoms with Crippen LogP contribution in [-0.4, -0.2) is 12.0 Å². The molecule has 0 aliphatic heterocycles. The van der Waals surface area contributed by atoms with Crippen LogP contribution in [0.5, 0.6) is 0 Å². The van der Waals surface area contributed by atoms with Crippen LogP contribution in [0.25, 0.3) is 0 Å². The van der Waals surface area contributed by atoms with Gasteiger partial charge in [0.15, 0.2) is 0 Å². The molecule has 0 aromatic rings. The van der Waals surface area contributed by atoms with Gasteiger partial charge in [0.25, 0.3) is 0 Å². The van der Waals surface area contributed by atoms with Crippen molar-refractivity contribution in [2.45, 2.75) is 40.3 Å². The van der Waals surface area contributed by atoms with Crippen LogP contribution in [0.2, 0.25) is 0 Å². The topological polar surface area (TPSA) is 17.1 Å². The molecule has 0 bridgehead atoms. The number of hydrogen-bond donors (Lipinski definition) is 0. The molecule has 0 aromatic heterocycles. The molecule has 0 saturated heterocycles. The Balaban J connectivity index is 4.30. The molecule has 4 heteroatoms. The van der Waals surface area contributed by atoms with E-state index in [9.17, 15) is 18.0 Å². The molecule has 0 aliphatic rings. The molecule has 0 amide bonds. The highest BCUT2D eigenvalue weighted by molar-refractivity contribution is 5.81. The summed E-state index contributed by atoms with van der Waals surface area (Å²) in [6.45, 7) is 6.14. The number of carbonyl (C=O) groups is 1. The van der Waals surface area contributed by atoms with E-state index in [0.717, 1.165) is 6.92 Å². The first kappa shape index (κ1) is 12.5. The highest BCUT2D eigenvalue weighted by atomic mass is 19.4. The Hall–Kier alpha value is -0.540. The average Bonchev–Trinajstić information content (AvgIpc) is 1.79. The van der Waals surface area contributed by atoms with Crippen LogP contribution in [0.3, 0.4) is 0 Å². The molecular formula is C9H15F3O. The van der Waals surface area contributed by atoms with E-state index in [-0.39, 0.29) is 11.8 Å². The summed E-state index contributed by atoms with van der Waals surface area (Å²) in [5, 5.41) is 0. The SMILES string of the molecule is CC(C(=O)CC(C)(C)C)C(F)(F)F. The zero-order valence-electron chi connectivity index (χ0n) is 8.33. The first-order chi connectivity index (χ1) is 5.54. The van der Waals surface area contributed by atoms with E-state index in [0.29, 0.717) is 0 Å². The summed E-state index contributed by atoms with van der Waals surface area (Å²) in [6.07, 6.45) is -4.43. The summed E-state index contributed by atoms with van der Waals surface area (Å²) in [6, 6.07) is 0. The van der Waals surface area contributed by atoms with Gasteiger partial charge >= 0.3 is 6.18 Å². The highest BCUT2D eigenvalue weighted by Gasteiger charge is 2.41. The molecule has 13 heavy (non-hydrogen) atoms. The molecule has 0 radical (unpaired) electrons. The summed E-state index contributed by atoms with van der Waals surface area (Å²) in [4.78, 5) is 11.1. The van der Waals surface area contributed by atoms with Crippen molar-refractivity contribution in [1.82, 2.24) is 0 Å². The Kier molecular flexibility index (Phi) is 3.53.